The van der Waals surface area contributed by atoms with Crippen LogP contribution in [0.3, 0.4) is 0 Å². The molecule has 0 spiro atoms. The molecule has 0 amide bonds. The van der Waals surface area contributed by atoms with Gasteiger partial charge in [-0.3, -0.25) is 0 Å². The van der Waals surface area contributed by atoms with Crippen molar-refractivity contribution < 1.29 is 0 Å². The first-order valence-electron chi connectivity index (χ1n) is 5.07. The second-order valence-corrected chi connectivity index (χ2v) is 4.22. The number of hydrogen-bond donors (Lipinski definition) is 1. The van der Waals surface area contributed by atoms with Crippen LogP contribution in [0.25, 0.3) is 0 Å². The van der Waals surface area contributed by atoms with Crippen LogP contribution >= 0.6 is 11.8 Å². The molecular formula is C12H16N2S. The minimum Gasteiger partial charge on any atom is -0.381 e. The Morgan fingerprint density at radius 2 is 2.07 bits per heavy atom. The van der Waals surface area contributed by atoms with Gasteiger partial charge in [0.2, 0.25) is 0 Å². The molecular weight excluding hydrogens is 204 g/mol. The normalized spacial score (nSPS) is 11.8. The van der Waals surface area contributed by atoms with Crippen LogP contribution in [-0.4, -0.2) is 12.3 Å². The molecule has 15 heavy (non-hydrogen) atoms. The van der Waals surface area contributed by atoms with Gasteiger partial charge in [-0.25, -0.2) is 0 Å². The molecule has 0 bridgehead atoms. The summed E-state index contributed by atoms with van der Waals surface area (Å²) in [5.74, 6) is 0. The lowest BCUT2D eigenvalue weighted by atomic mass is 10.1. The molecule has 3 heteroatoms. The molecule has 1 aromatic carbocycles. The highest BCUT2D eigenvalue weighted by molar-refractivity contribution is 7.98. The van der Waals surface area contributed by atoms with Crippen molar-refractivity contribution in [1.82, 2.24) is 0 Å². The molecule has 1 unspecified atom stereocenters. The van der Waals surface area contributed by atoms with Gasteiger partial charge in [0.25, 0.3) is 0 Å². The number of rotatable bonds is 5. The second-order valence-electron chi connectivity index (χ2n) is 3.34. The van der Waals surface area contributed by atoms with Gasteiger partial charge in [0.15, 0.2) is 0 Å². The number of nitrogens with zero attached hydrogens (tertiary/aromatic N) is 1. The standard InChI is InChI=1S/C12H16N2S/c1-3-10(8-9-13)14-11-4-6-12(15-2)7-5-11/h4-7,10,14H,3,8H2,1-2H3. The van der Waals surface area contributed by atoms with Crippen molar-refractivity contribution in [2.24, 2.45) is 0 Å². The van der Waals surface area contributed by atoms with E-state index in [1.165, 1.54) is 4.90 Å². The van der Waals surface area contributed by atoms with Crippen LogP contribution in [0.5, 0.6) is 0 Å². The van der Waals surface area contributed by atoms with Crippen LogP contribution in [0.2, 0.25) is 0 Å². The lowest BCUT2D eigenvalue weighted by Crippen LogP contribution is -2.17. The zero-order chi connectivity index (χ0) is 11.1. The lowest BCUT2D eigenvalue weighted by molar-refractivity contribution is 0.711. The smallest absolute Gasteiger partial charge is 0.0643 e. The Bertz CT molecular complexity index is 326. The molecule has 0 fully saturated rings. The van der Waals surface area contributed by atoms with E-state index < -0.39 is 0 Å². The Balaban J connectivity index is 2.59. The molecule has 0 radical (unpaired) electrons. The third-order valence-electron chi connectivity index (χ3n) is 2.29. The van der Waals surface area contributed by atoms with Crippen molar-refractivity contribution in [3.8, 4) is 6.07 Å². The summed E-state index contributed by atoms with van der Waals surface area (Å²) in [6.45, 7) is 2.09. The van der Waals surface area contributed by atoms with E-state index in [0.717, 1.165) is 12.1 Å². The minimum absolute atomic E-state index is 0.259. The van der Waals surface area contributed by atoms with E-state index in [1.54, 1.807) is 11.8 Å². The van der Waals surface area contributed by atoms with E-state index in [2.05, 4.69) is 48.8 Å². The fourth-order valence-electron chi connectivity index (χ4n) is 1.33. The highest BCUT2D eigenvalue weighted by Crippen LogP contribution is 2.18. The van der Waals surface area contributed by atoms with Crippen LogP contribution in [-0.2, 0) is 0 Å². The van der Waals surface area contributed by atoms with Gasteiger partial charge in [-0.1, -0.05) is 6.92 Å². The molecule has 1 atom stereocenters. The van der Waals surface area contributed by atoms with Gasteiger partial charge < -0.3 is 5.32 Å². The molecule has 0 aliphatic heterocycles. The summed E-state index contributed by atoms with van der Waals surface area (Å²) in [5.41, 5.74) is 1.09. The van der Waals surface area contributed by atoms with Crippen molar-refractivity contribution in [2.75, 3.05) is 11.6 Å². The van der Waals surface area contributed by atoms with E-state index >= 15 is 0 Å². The number of nitriles is 1. The highest BCUT2D eigenvalue weighted by Gasteiger charge is 2.04. The highest BCUT2D eigenvalue weighted by atomic mass is 32.2. The molecule has 0 saturated heterocycles. The molecule has 0 aromatic heterocycles. The molecule has 80 valence electrons. The molecule has 0 heterocycles. The predicted octanol–water partition coefficient (Wildman–Crippen LogP) is 3.51. The van der Waals surface area contributed by atoms with Crippen LogP contribution < -0.4 is 5.32 Å². The maximum absolute atomic E-state index is 8.63. The summed E-state index contributed by atoms with van der Waals surface area (Å²) in [7, 11) is 0. The average Bonchev–Trinajstić information content (AvgIpc) is 2.29. The number of benzene rings is 1. The fraction of sp³-hybridized carbons (Fsp3) is 0.417. The quantitative estimate of drug-likeness (QED) is 0.771. The summed E-state index contributed by atoms with van der Waals surface area (Å²) in [6.07, 6.45) is 3.59. The maximum Gasteiger partial charge on any atom is 0.0643 e. The molecule has 1 N–H and O–H groups in total. The fourth-order valence-corrected chi connectivity index (χ4v) is 1.74. The van der Waals surface area contributed by atoms with E-state index in [4.69, 9.17) is 5.26 Å². The average molecular weight is 220 g/mol. The zero-order valence-corrected chi connectivity index (χ0v) is 9.97. The van der Waals surface area contributed by atoms with Gasteiger partial charge in [0.05, 0.1) is 12.5 Å². The molecule has 1 aromatic rings. The summed E-state index contributed by atoms with van der Waals surface area (Å²) in [5, 5.41) is 12.0. The largest absolute Gasteiger partial charge is 0.381 e. The summed E-state index contributed by atoms with van der Waals surface area (Å²) < 4.78 is 0. The van der Waals surface area contributed by atoms with Crippen molar-refractivity contribution in [3.05, 3.63) is 24.3 Å². The van der Waals surface area contributed by atoms with E-state index in [0.29, 0.717) is 6.42 Å². The Morgan fingerprint density at radius 1 is 1.40 bits per heavy atom. The first-order valence-corrected chi connectivity index (χ1v) is 6.30. The second kappa shape index (κ2) is 6.36. The van der Waals surface area contributed by atoms with Gasteiger partial charge in [0.1, 0.15) is 0 Å². The molecule has 0 aliphatic rings. The minimum atomic E-state index is 0.259. The third-order valence-corrected chi connectivity index (χ3v) is 3.03. The zero-order valence-electron chi connectivity index (χ0n) is 9.16. The van der Waals surface area contributed by atoms with Crippen molar-refractivity contribution in [1.29, 1.82) is 5.26 Å². The van der Waals surface area contributed by atoms with E-state index in [-0.39, 0.29) is 6.04 Å². The number of thioether (sulfide) groups is 1. The Kier molecular flexibility index (Phi) is 5.06. The molecule has 0 aliphatic carbocycles. The molecule has 0 saturated carbocycles. The molecule has 1 rings (SSSR count). The van der Waals surface area contributed by atoms with Crippen molar-refractivity contribution in [3.63, 3.8) is 0 Å². The number of hydrogen-bond acceptors (Lipinski definition) is 3. The van der Waals surface area contributed by atoms with Crippen molar-refractivity contribution in [2.45, 2.75) is 30.7 Å². The molecule has 2 nitrogen and oxygen atoms in total. The Labute approximate surface area is 95.7 Å². The summed E-state index contributed by atoms with van der Waals surface area (Å²) in [4.78, 5) is 1.26. The lowest BCUT2D eigenvalue weighted by Gasteiger charge is -2.15. The first kappa shape index (κ1) is 11.9. The van der Waals surface area contributed by atoms with Crippen LogP contribution in [0.4, 0.5) is 5.69 Å². The monoisotopic (exact) mass is 220 g/mol. The topological polar surface area (TPSA) is 35.8 Å². The number of nitrogens with one attached hydrogen (secondary N) is 1. The van der Waals surface area contributed by atoms with Crippen molar-refractivity contribution >= 4 is 17.4 Å². The third kappa shape index (κ3) is 3.85. The van der Waals surface area contributed by atoms with Crippen LogP contribution in [0, 0.1) is 11.3 Å². The SMILES string of the molecule is CCC(CC#N)Nc1ccc(SC)cc1. The first-order chi connectivity index (χ1) is 7.30. The Hall–Kier alpha value is -1.14. The van der Waals surface area contributed by atoms with E-state index in [9.17, 15) is 0 Å². The summed E-state index contributed by atoms with van der Waals surface area (Å²) >= 11 is 1.73. The van der Waals surface area contributed by atoms with Gasteiger partial charge in [0, 0.05) is 16.6 Å². The van der Waals surface area contributed by atoms with Crippen LogP contribution in [0.1, 0.15) is 19.8 Å². The van der Waals surface area contributed by atoms with Gasteiger partial charge in [-0.15, -0.1) is 11.8 Å². The predicted molar refractivity (Wildman–Crippen MR) is 66.2 cm³/mol. The van der Waals surface area contributed by atoms with Gasteiger partial charge in [-0.2, -0.15) is 5.26 Å². The van der Waals surface area contributed by atoms with E-state index in [1.807, 2.05) is 0 Å². The number of anilines is 1. The summed E-state index contributed by atoms with van der Waals surface area (Å²) in [6, 6.07) is 10.8. The van der Waals surface area contributed by atoms with Crippen LogP contribution in [0.15, 0.2) is 29.2 Å². The van der Waals surface area contributed by atoms with Gasteiger partial charge in [-0.05, 0) is 36.9 Å². The van der Waals surface area contributed by atoms with Gasteiger partial charge >= 0.3 is 0 Å². The maximum atomic E-state index is 8.63. The Morgan fingerprint density at radius 3 is 2.53 bits per heavy atom.